The molecule has 176 valence electrons. The van der Waals surface area contributed by atoms with Gasteiger partial charge in [-0.05, 0) is 49.2 Å². The van der Waals surface area contributed by atoms with E-state index < -0.39 is 10.0 Å². The summed E-state index contributed by atoms with van der Waals surface area (Å²) < 4.78 is 29.0. The number of rotatable bonds is 5. The molecule has 3 heterocycles. The van der Waals surface area contributed by atoms with Crippen molar-refractivity contribution in [3.8, 4) is 0 Å². The van der Waals surface area contributed by atoms with Crippen molar-refractivity contribution in [1.82, 2.24) is 19.9 Å². The van der Waals surface area contributed by atoms with Crippen LogP contribution in [0.25, 0.3) is 22.1 Å². The normalized spacial score (nSPS) is 16.6. The Hall–Kier alpha value is -3.98. The van der Waals surface area contributed by atoms with E-state index >= 15 is 0 Å². The highest BCUT2D eigenvalue weighted by Gasteiger charge is 2.28. The number of nitrogens with zero attached hydrogens (tertiary/aromatic N) is 4. The number of imidazole rings is 1. The Morgan fingerprint density at radius 2 is 1.51 bits per heavy atom. The van der Waals surface area contributed by atoms with Crippen molar-refractivity contribution in [2.45, 2.75) is 23.7 Å². The highest BCUT2D eigenvalue weighted by Crippen LogP contribution is 2.33. The van der Waals surface area contributed by atoms with Gasteiger partial charge in [0, 0.05) is 19.0 Å². The largest absolute Gasteiger partial charge is 0.353 e. The fraction of sp³-hybridized carbons (Fsp3) is 0.192. The second kappa shape index (κ2) is 8.66. The molecule has 0 amide bonds. The van der Waals surface area contributed by atoms with Crippen LogP contribution in [0.4, 0.5) is 11.6 Å². The topological polar surface area (TPSA) is 104 Å². The Bertz CT molecular complexity index is 1580. The standard InChI is InChI=1S/C26H24N6O2S/c33-35(34,19-10-2-1-3-11-19)31-25-26(30-23-15-7-6-14-22(23)29-25)32-16-8-9-18(17-32)24-27-20-12-4-5-13-21(20)28-24/h1-7,10-15,18H,8-9,16-17H2,(H,27,28)(H,29,31)/t18-/m1/s1. The predicted molar refractivity (Wildman–Crippen MR) is 137 cm³/mol. The van der Waals surface area contributed by atoms with Crippen LogP contribution in [-0.2, 0) is 10.0 Å². The van der Waals surface area contributed by atoms with Crippen molar-refractivity contribution in [3.05, 3.63) is 84.7 Å². The molecule has 8 nitrogen and oxygen atoms in total. The molecule has 1 aliphatic rings. The van der Waals surface area contributed by atoms with Gasteiger partial charge in [0.15, 0.2) is 11.6 Å². The predicted octanol–water partition coefficient (Wildman–Crippen LogP) is 4.69. The van der Waals surface area contributed by atoms with Gasteiger partial charge in [-0.25, -0.2) is 23.4 Å². The lowest BCUT2D eigenvalue weighted by Gasteiger charge is -2.33. The van der Waals surface area contributed by atoms with E-state index in [1.54, 1.807) is 30.3 Å². The molecule has 1 atom stereocenters. The van der Waals surface area contributed by atoms with Crippen LogP contribution >= 0.6 is 0 Å². The van der Waals surface area contributed by atoms with Gasteiger partial charge in [-0.3, -0.25) is 4.72 Å². The van der Waals surface area contributed by atoms with Crippen LogP contribution in [0.3, 0.4) is 0 Å². The number of piperidine rings is 1. The van der Waals surface area contributed by atoms with E-state index in [4.69, 9.17) is 9.97 Å². The molecule has 9 heteroatoms. The molecule has 1 fully saturated rings. The number of nitrogens with one attached hydrogen (secondary N) is 2. The number of fused-ring (bicyclic) bond motifs is 2. The Balaban J connectivity index is 1.38. The number of aromatic amines is 1. The molecule has 35 heavy (non-hydrogen) atoms. The van der Waals surface area contributed by atoms with Gasteiger partial charge in [-0.15, -0.1) is 0 Å². The lowest BCUT2D eigenvalue weighted by atomic mass is 9.97. The molecule has 0 unspecified atom stereocenters. The van der Waals surface area contributed by atoms with Crippen LogP contribution in [-0.4, -0.2) is 41.4 Å². The summed E-state index contributed by atoms with van der Waals surface area (Å²) in [5.41, 5.74) is 3.31. The number of benzene rings is 3. The highest BCUT2D eigenvalue weighted by molar-refractivity contribution is 7.92. The third kappa shape index (κ3) is 4.19. The Morgan fingerprint density at radius 3 is 2.29 bits per heavy atom. The SMILES string of the molecule is O=S(=O)(Nc1nc2ccccc2nc1N1CCC[C@@H](c2nc3ccccc3[nH]2)C1)c1ccccc1. The smallest absolute Gasteiger partial charge is 0.263 e. The Morgan fingerprint density at radius 1 is 0.829 bits per heavy atom. The average molecular weight is 485 g/mol. The van der Waals surface area contributed by atoms with Crippen LogP contribution in [0.2, 0.25) is 0 Å². The first-order chi connectivity index (χ1) is 17.1. The van der Waals surface area contributed by atoms with Crippen LogP contribution in [0.5, 0.6) is 0 Å². The molecule has 0 spiro atoms. The maximum Gasteiger partial charge on any atom is 0.263 e. The molecule has 2 aromatic heterocycles. The molecule has 0 saturated carbocycles. The molecule has 0 aliphatic carbocycles. The van der Waals surface area contributed by atoms with Gasteiger partial charge in [-0.2, -0.15) is 0 Å². The van der Waals surface area contributed by atoms with Crippen molar-refractivity contribution in [2.24, 2.45) is 0 Å². The van der Waals surface area contributed by atoms with Gasteiger partial charge in [0.25, 0.3) is 10.0 Å². The van der Waals surface area contributed by atoms with Gasteiger partial charge in [0.05, 0.1) is 27.0 Å². The van der Waals surface area contributed by atoms with E-state index in [-0.39, 0.29) is 16.6 Å². The van der Waals surface area contributed by atoms with E-state index in [9.17, 15) is 8.42 Å². The first-order valence-electron chi connectivity index (χ1n) is 11.6. The van der Waals surface area contributed by atoms with Gasteiger partial charge >= 0.3 is 0 Å². The third-order valence-electron chi connectivity index (χ3n) is 6.35. The zero-order valence-corrected chi connectivity index (χ0v) is 19.7. The van der Waals surface area contributed by atoms with Crippen molar-refractivity contribution in [2.75, 3.05) is 22.7 Å². The quantitative estimate of drug-likeness (QED) is 0.375. The van der Waals surface area contributed by atoms with E-state index in [1.807, 2.05) is 48.5 Å². The molecule has 2 N–H and O–H groups in total. The van der Waals surface area contributed by atoms with E-state index in [0.29, 0.717) is 17.9 Å². The molecule has 0 radical (unpaired) electrons. The molecule has 0 bridgehead atoms. The van der Waals surface area contributed by atoms with Crippen LogP contribution in [0, 0.1) is 0 Å². The number of hydrogen-bond donors (Lipinski definition) is 2. The summed E-state index contributed by atoms with van der Waals surface area (Å²) >= 11 is 0. The van der Waals surface area contributed by atoms with Gasteiger partial charge in [0.1, 0.15) is 5.82 Å². The minimum absolute atomic E-state index is 0.169. The molecule has 3 aromatic carbocycles. The average Bonchev–Trinajstić information content (AvgIpc) is 3.33. The maximum atomic E-state index is 13.1. The van der Waals surface area contributed by atoms with Gasteiger partial charge in [-0.1, -0.05) is 42.5 Å². The van der Waals surface area contributed by atoms with Crippen molar-refractivity contribution in [3.63, 3.8) is 0 Å². The molecule has 1 aliphatic heterocycles. The lowest BCUT2D eigenvalue weighted by molar-refractivity contribution is 0.493. The Labute approximate surface area is 203 Å². The summed E-state index contributed by atoms with van der Waals surface area (Å²) in [4.78, 5) is 20.1. The summed E-state index contributed by atoms with van der Waals surface area (Å²) in [5, 5.41) is 0. The van der Waals surface area contributed by atoms with Crippen molar-refractivity contribution in [1.29, 1.82) is 0 Å². The highest BCUT2D eigenvalue weighted by atomic mass is 32.2. The third-order valence-corrected chi connectivity index (χ3v) is 7.71. The summed E-state index contributed by atoms with van der Waals surface area (Å²) in [6, 6.07) is 23.8. The monoisotopic (exact) mass is 484 g/mol. The van der Waals surface area contributed by atoms with Crippen LogP contribution in [0.15, 0.2) is 83.8 Å². The second-order valence-corrected chi connectivity index (χ2v) is 10.4. The fourth-order valence-electron chi connectivity index (χ4n) is 4.62. The Kier molecular flexibility index (Phi) is 5.33. The maximum absolute atomic E-state index is 13.1. The van der Waals surface area contributed by atoms with Crippen molar-refractivity contribution >= 4 is 43.7 Å². The molecule has 6 rings (SSSR count). The number of hydrogen-bond acceptors (Lipinski definition) is 6. The number of para-hydroxylation sites is 4. The fourth-order valence-corrected chi connectivity index (χ4v) is 5.65. The molecular weight excluding hydrogens is 460 g/mol. The van der Waals surface area contributed by atoms with Crippen LogP contribution in [0.1, 0.15) is 24.6 Å². The first kappa shape index (κ1) is 21.5. The van der Waals surface area contributed by atoms with Gasteiger partial charge in [0.2, 0.25) is 0 Å². The number of sulfonamides is 1. The summed E-state index contributed by atoms with van der Waals surface area (Å²) in [6.45, 7) is 1.41. The zero-order valence-electron chi connectivity index (χ0n) is 18.9. The van der Waals surface area contributed by atoms with E-state index in [0.717, 1.165) is 41.8 Å². The second-order valence-electron chi connectivity index (χ2n) is 8.73. The van der Waals surface area contributed by atoms with E-state index in [1.165, 1.54) is 0 Å². The summed E-state index contributed by atoms with van der Waals surface area (Å²) in [5.74, 6) is 1.88. The summed E-state index contributed by atoms with van der Waals surface area (Å²) in [7, 11) is -3.82. The minimum Gasteiger partial charge on any atom is -0.353 e. The zero-order chi connectivity index (χ0) is 23.8. The number of anilines is 2. The van der Waals surface area contributed by atoms with Crippen LogP contribution < -0.4 is 9.62 Å². The minimum atomic E-state index is -3.82. The molecule has 5 aromatic rings. The van der Waals surface area contributed by atoms with E-state index in [2.05, 4.69) is 19.6 Å². The first-order valence-corrected chi connectivity index (χ1v) is 13.1. The lowest BCUT2D eigenvalue weighted by Crippen LogP contribution is -2.36. The summed E-state index contributed by atoms with van der Waals surface area (Å²) in [6.07, 6.45) is 1.92. The van der Waals surface area contributed by atoms with Gasteiger partial charge < -0.3 is 9.88 Å². The molecular formula is C26H24N6O2S. The molecule has 1 saturated heterocycles. The van der Waals surface area contributed by atoms with Crippen molar-refractivity contribution < 1.29 is 8.42 Å². The number of aromatic nitrogens is 4. The number of H-pyrrole nitrogens is 1.